The lowest BCUT2D eigenvalue weighted by atomic mass is 10.2. The van der Waals surface area contributed by atoms with Crippen LogP contribution in [0.15, 0.2) is 0 Å². The van der Waals surface area contributed by atoms with Crippen molar-refractivity contribution in [1.82, 2.24) is 10.2 Å². The van der Waals surface area contributed by atoms with E-state index in [9.17, 15) is 4.79 Å². The molecular formula is C11H24N2O2. The van der Waals surface area contributed by atoms with Gasteiger partial charge in [0.1, 0.15) is 5.60 Å². The summed E-state index contributed by atoms with van der Waals surface area (Å²) in [5.41, 5.74) is -0.424. The molecule has 0 radical (unpaired) electrons. The van der Waals surface area contributed by atoms with E-state index in [0.717, 1.165) is 6.42 Å². The largest absolute Gasteiger partial charge is 0.444 e. The Labute approximate surface area is 93.0 Å². The van der Waals surface area contributed by atoms with E-state index in [1.54, 1.807) is 11.9 Å². The first kappa shape index (κ1) is 14.2. The molecule has 15 heavy (non-hydrogen) atoms. The molecule has 0 aromatic rings. The molecule has 0 aromatic carbocycles. The first-order chi connectivity index (χ1) is 6.80. The molecule has 0 bridgehead atoms. The number of carbonyl (C=O) groups excluding carboxylic acids is 1. The van der Waals surface area contributed by atoms with Crippen molar-refractivity contribution in [3.63, 3.8) is 0 Å². The average molecular weight is 216 g/mol. The van der Waals surface area contributed by atoms with Crippen molar-refractivity contribution in [1.29, 1.82) is 0 Å². The maximum atomic E-state index is 11.6. The van der Waals surface area contributed by atoms with Crippen LogP contribution in [0.1, 0.15) is 34.1 Å². The number of amides is 1. The van der Waals surface area contributed by atoms with Crippen molar-refractivity contribution >= 4 is 6.09 Å². The van der Waals surface area contributed by atoms with Crippen LogP contribution in [-0.4, -0.2) is 43.3 Å². The van der Waals surface area contributed by atoms with Gasteiger partial charge in [0, 0.05) is 19.6 Å². The van der Waals surface area contributed by atoms with Crippen molar-refractivity contribution in [2.75, 3.05) is 20.6 Å². The number of likely N-dealkylation sites (N-methyl/N-ethyl adjacent to an activating group) is 2. The average Bonchev–Trinajstić information content (AvgIpc) is 2.10. The Balaban J connectivity index is 4.09. The number of nitrogens with one attached hydrogen (secondary N) is 1. The number of nitrogens with zero attached hydrogens (tertiary/aromatic N) is 1. The predicted octanol–water partition coefficient (Wildman–Crippen LogP) is 1.85. The predicted molar refractivity (Wildman–Crippen MR) is 62.0 cm³/mol. The smallest absolute Gasteiger partial charge is 0.410 e. The summed E-state index contributed by atoms with van der Waals surface area (Å²) in [7, 11) is 3.66. The molecule has 0 rings (SSSR count). The molecule has 1 atom stereocenters. The third kappa shape index (κ3) is 6.33. The van der Waals surface area contributed by atoms with Crippen molar-refractivity contribution in [3.05, 3.63) is 0 Å². The molecule has 1 N–H and O–H groups in total. The topological polar surface area (TPSA) is 41.6 Å². The first-order valence-corrected chi connectivity index (χ1v) is 5.41. The summed E-state index contributed by atoms with van der Waals surface area (Å²) in [6.45, 7) is 8.36. The molecular weight excluding hydrogens is 192 g/mol. The zero-order valence-electron chi connectivity index (χ0n) is 10.8. The molecule has 0 spiro atoms. The number of ether oxygens (including phenoxy) is 1. The third-order valence-electron chi connectivity index (χ3n) is 2.10. The number of rotatable bonds is 4. The molecule has 90 valence electrons. The molecule has 4 nitrogen and oxygen atoms in total. The molecule has 0 heterocycles. The molecule has 0 aromatic heterocycles. The van der Waals surface area contributed by atoms with E-state index in [4.69, 9.17) is 4.74 Å². The van der Waals surface area contributed by atoms with E-state index in [1.165, 1.54) is 0 Å². The van der Waals surface area contributed by atoms with Crippen molar-refractivity contribution in [3.8, 4) is 0 Å². The standard InChI is InChI=1S/C11H24N2O2/c1-7-9(12-5)8-13(6)10(14)15-11(2,3)4/h9,12H,7-8H2,1-6H3/t9-/m1/s1. The minimum atomic E-state index is -0.424. The van der Waals surface area contributed by atoms with Gasteiger partial charge < -0.3 is 15.0 Å². The van der Waals surface area contributed by atoms with E-state index in [1.807, 2.05) is 27.8 Å². The lowest BCUT2D eigenvalue weighted by Gasteiger charge is -2.27. The molecule has 4 heteroatoms. The van der Waals surface area contributed by atoms with Gasteiger partial charge in [-0.05, 0) is 34.2 Å². The van der Waals surface area contributed by atoms with Gasteiger partial charge in [-0.3, -0.25) is 0 Å². The number of hydrogen-bond donors (Lipinski definition) is 1. The Bertz CT molecular complexity index is 195. The van der Waals surface area contributed by atoms with Crippen LogP contribution in [0.3, 0.4) is 0 Å². The Morgan fingerprint density at radius 2 is 2.00 bits per heavy atom. The van der Waals surface area contributed by atoms with Crippen LogP contribution in [0.5, 0.6) is 0 Å². The zero-order valence-corrected chi connectivity index (χ0v) is 10.8. The molecule has 0 unspecified atom stereocenters. The summed E-state index contributed by atoms with van der Waals surface area (Å²) in [4.78, 5) is 13.2. The van der Waals surface area contributed by atoms with Crippen LogP contribution in [0.25, 0.3) is 0 Å². The second kappa shape index (κ2) is 5.95. The fourth-order valence-corrected chi connectivity index (χ4v) is 1.17. The molecule has 0 aliphatic rings. The summed E-state index contributed by atoms with van der Waals surface area (Å²) in [6, 6.07) is 0.322. The highest BCUT2D eigenvalue weighted by molar-refractivity contribution is 5.67. The quantitative estimate of drug-likeness (QED) is 0.779. The van der Waals surface area contributed by atoms with Gasteiger partial charge in [0.05, 0.1) is 0 Å². The van der Waals surface area contributed by atoms with Crippen LogP contribution in [-0.2, 0) is 4.74 Å². The van der Waals surface area contributed by atoms with Gasteiger partial charge in [-0.25, -0.2) is 4.79 Å². The summed E-state index contributed by atoms with van der Waals surface area (Å²) in [5.74, 6) is 0. The van der Waals surface area contributed by atoms with Crippen molar-refractivity contribution in [2.24, 2.45) is 0 Å². The summed E-state index contributed by atoms with van der Waals surface area (Å²) in [6.07, 6.45) is 0.722. The highest BCUT2D eigenvalue weighted by Gasteiger charge is 2.20. The van der Waals surface area contributed by atoms with Crippen LogP contribution in [0.2, 0.25) is 0 Å². The van der Waals surface area contributed by atoms with Crippen LogP contribution in [0, 0.1) is 0 Å². The van der Waals surface area contributed by atoms with Gasteiger partial charge in [0.15, 0.2) is 0 Å². The van der Waals surface area contributed by atoms with Gasteiger partial charge in [-0.15, -0.1) is 0 Å². The maximum absolute atomic E-state index is 11.6. The summed E-state index contributed by atoms with van der Waals surface area (Å²) >= 11 is 0. The van der Waals surface area contributed by atoms with Crippen LogP contribution >= 0.6 is 0 Å². The molecule has 0 saturated heterocycles. The maximum Gasteiger partial charge on any atom is 0.410 e. The summed E-state index contributed by atoms with van der Waals surface area (Å²) in [5, 5.41) is 3.15. The highest BCUT2D eigenvalue weighted by Crippen LogP contribution is 2.09. The third-order valence-corrected chi connectivity index (χ3v) is 2.10. The van der Waals surface area contributed by atoms with Crippen LogP contribution < -0.4 is 5.32 Å². The molecule has 0 aliphatic carbocycles. The molecule has 0 aliphatic heterocycles. The van der Waals surface area contributed by atoms with Crippen molar-refractivity contribution in [2.45, 2.75) is 45.8 Å². The Morgan fingerprint density at radius 3 is 2.33 bits per heavy atom. The Kier molecular flexibility index (Phi) is 5.65. The van der Waals surface area contributed by atoms with Gasteiger partial charge >= 0.3 is 6.09 Å². The Hall–Kier alpha value is -0.770. The van der Waals surface area contributed by atoms with Gasteiger partial charge in [0.25, 0.3) is 0 Å². The van der Waals surface area contributed by atoms with Gasteiger partial charge in [-0.1, -0.05) is 6.92 Å². The van der Waals surface area contributed by atoms with E-state index >= 15 is 0 Å². The normalized spacial score (nSPS) is 13.5. The molecule has 1 amide bonds. The highest BCUT2D eigenvalue weighted by atomic mass is 16.6. The lowest BCUT2D eigenvalue weighted by Crippen LogP contribution is -2.42. The summed E-state index contributed by atoms with van der Waals surface area (Å²) < 4.78 is 5.25. The first-order valence-electron chi connectivity index (χ1n) is 5.41. The minimum Gasteiger partial charge on any atom is -0.444 e. The van der Waals surface area contributed by atoms with Gasteiger partial charge in [0.2, 0.25) is 0 Å². The number of carbonyl (C=O) groups is 1. The second-order valence-corrected chi connectivity index (χ2v) is 4.75. The molecule has 0 fully saturated rings. The van der Waals surface area contributed by atoms with Crippen molar-refractivity contribution < 1.29 is 9.53 Å². The second-order valence-electron chi connectivity index (χ2n) is 4.75. The van der Waals surface area contributed by atoms with E-state index < -0.39 is 5.60 Å². The SMILES string of the molecule is CC[C@H](CN(C)C(=O)OC(C)(C)C)NC. The van der Waals surface area contributed by atoms with E-state index in [-0.39, 0.29) is 6.09 Å². The number of hydrogen-bond acceptors (Lipinski definition) is 3. The lowest BCUT2D eigenvalue weighted by molar-refractivity contribution is 0.0284. The molecule has 0 saturated carbocycles. The van der Waals surface area contributed by atoms with Gasteiger partial charge in [-0.2, -0.15) is 0 Å². The zero-order chi connectivity index (χ0) is 12.1. The van der Waals surface area contributed by atoms with E-state index in [2.05, 4.69) is 12.2 Å². The fraction of sp³-hybridized carbons (Fsp3) is 0.909. The van der Waals surface area contributed by atoms with Crippen LogP contribution in [0.4, 0.5) is 4.79 Å². The Morgan fingerprint density at radius 1 is 1.47 bits per heavy atom. The fourth-order valence-electron chi connectivity index (χ4n) is 1.17. The van der Waals surface area contributed by atoms with E-state index in [0.29, 0.717) is 12.6 Å². The minimum absolute atomic E-state index is 0.267. The monoisotopic (exact) mass is 216 g/mol.